The molecule has 2 fully saturated rings. The Balaban J connectivity index is 1.67. The molecule has 0 saturated carbocycles. The third-order valence-electron chi connectivity index (χ3n) is 4.56. The molecular weight excluding hydrogens is 314 g/mol. The smallest absolute Gasteiger partial charge is 0.282 e. The normalized spacial score (nSPS) is 25.3. The molecule has 8 heteroatoms. The van der Waals surface area contributed by atoms with Crippen molar-refractivity contribution in [2.75, 3.05) is 44.2 Å². The minimum Gasteiger partial charge on any atom is -0.339 e. The van der Waals surface area contributed by atoms with Crippen molar-refractivity contribution in [2.24, 2.45) is 5.92 Å². The zero-order valence-electron chi connectivity index (χ0n) is 13.6. The average Bonchev–Trinajstić information content (AvgIpc) is 2.82. The van der Waals surface area contributed by atoms with Gasteiger partial charge in [0.25, 0.3) is 10.2 Å². The van der Waals surface area contributed by atoms with Crippen LogP contribution in [0, 0.1) is 5.92 Å². The average molecular weight is 339 g/mol. The van der Waals surface area contributed by atoms with Gasteiger partial charge in [0.05, 0.1) is 0 Å². The van der Waals surface area contributed by atoms with E-state index >= 15 is 0 Å². The molecule has 2 aliphatic heterocycles. The van der Waals surface area contributed by atoms with Gasteiger partial charge in [-0.2, -0.15) is 17.0 Å². The molecule has 7 nitrogen and oxygen atoms in total. The molecule has 0 amide bonds. The SMILES string of the molecule is CC1CCCN(S(=O)(=O)N2CCCN(c3ncccn3)CC2)C1. The van der Waals surface area contributed by atoms with Crippen molar-refractivity contribution < 1.29 is 8.42 Å². The molecule has 0 aliphatic carbocycles. The molecule has 1 unspecified atom stereocenters. The van der Waals surface area contributed by atoms with Gasteiger partial charge < -0.3 is 4.90 Å². The Morgan fingerprint density at radius 3 is 2.48 bits per heavy atom. The molecule has 0 N–H and O–H groups in total. The zero-order valence-corrected chi connectivity index (χ0v) is 14.5. The lowest BCUT2D eigenvalue weighted by molar-refractivity contribution is 0.259. The van der Waals surface area contributed by atoms with E-state index in [9.17, 15) is 8.42 Å². The highest BCUT2D eigenvalue weighted by atomic mass is 32.2. The van der Waals surface area contributed by atoms with Crippen LogP contribution in [0.4, 0.5) is 5.95 Å². The quantitative estimate of drug-likeness (QED) is 0.820. The maximum Gasteiger partial charge on any atom is 0.282 e. The fourth-order valence-electron chi connectivity index (χ4n) is 3.30. The second kappa shape index (κ2) is 7.11. The van der Waals surface area contributed by atoms with Gasteiger partial charge in [-0.25, -0.2) is 9.97 Å². The highest BCUT2D eigenvalue weighted by Crippen LogP contribution is 2.22. The van der Waals surface area contributed by atoms with Crippen molar-refractivity contribution >= 4 is 16.2 Å². The van der Waals surface area contributed by atoms with Gasteiger partial charge >= 0.3 is 0 Å². The predicted molar refractivity (Wildman–Crippen MR) is 89.3 cm³/mol. The number of hydrogen-bond acceptors (Lipinski definition) is 5. The number of hydrogen-bond donors (Lipinski definition) is 0. The Kier molecular flexibility index (Phi) is 5.13. The van der Waals surface area contributed by atoms with E-state index in [1.54, 1.807) is 27.1 Å². The first kappa shape index (κ1) is 16.6. The van der Waals surface area contributed by atoms with Crippen molar-refractivity contribution in [2.45, 2.75) is 26.2 Å². The summed E-state index contributed by atoms with van der Waals surface area (Å²) in [7, 11) is -3.35. The summed E-state index contributed by atoms with van der Waals surface area (Å²) in [5.74, 6) is 1.12. The standard InChI is InChI=1S/C15H25N5O2S/c1-14-5-2-9-20(13-14)23(21,22)19-10-4-8-18(11-12-19)15-16-6-3-7-17-15/h3,6-7,14H,2,4-5,8-13H2,1H3. The second-order valence-electron chi connectivity index (χ2n) is 6.40. The fourth-order valence-corrected chi connectivity index (χ4v) is 5.10. The molecule has 0 bridgehead atoms. The highest BCUT2D eigenvalue weighted by Gasteiger charge is 2.33. The molecule has 128 valence electrons. The number of piperidine rings is 1. The summed E-state index contributed by atoms with van der Waals surface area (Å²) in [5, 5.41) is 0. The van der Waals surface area contributed by atoms with Gasteiger partial charge in [0.1, 0.15) is 0 Å². The molecule has 3 rings (SSSR count). The molecule has 0 spiro atoms. The lowest BCUT2D eigenvalue weighted by Crippen LogP contribution is -2.48. The van der Waals surface area contributed by atoms with E-state index in [2.05, 4.69) is 21.8 Å². The molecule has 2 saturated heterocycles. The minimum absolute atomic E-state index is 0.444. The first-order valence-electron chi connectivity index (χ1n) is 8.34. The number of nitrogens with zero attached hydrogens (tertiary/aromatic N) is 5. The Morgan fingerprint density at radius 1 is 1.00 bits per heavy atom. The molecule has 23 heavy (non-hydrogen) atoms. The fraction of sp³-hybridized carbons (Fsp3) is 0.733. The van der Waals surface area contributed by atoms with E-state index < -0.39 is 10.2 Å². The van der Waals surface area contributed by atoms with Gasteiger partial charge in [-0.3, -0.25) is 0 Å². The second-order valence-corrected chi connectivity index (χ2v) is 8.33. The van der Waals surface area contributed by atoms with Crippen LogP contribution in [0.15, 0.2) is 18.5 Å². The molecule has 2 aliphatic rings. The lowest BCUT2D eigenvalue weighted by atomic mass is 10.0. The Hall–Kier alpha value is -1.25. The minimum atomic E-state index is -3.35. The van der Waals surface area contributed by atoms with E-state index in [0.29, 0.717) is 44.6 Å². The Morgan fingerprint density at radius 2 is 1.74 bits per heavy atom. The van der Waals surface area contributed by atoms with Gasteiger partial charge in [0.2, 0.25) is 5.95 Å². The van der Waals surface area contributed by atoms with Gasteiger partial charge in [-0.05, 0) is 31.2 Å². The number of aromatic nitrogens is 2. The van der Waals surface area contributed by atoms with Gasteiger partial charge in [-0.15, -0.1) is 0 Å². The molecule has 0 aromatic carbocycles. The Bertz CT molecular complexity index is 610. The van der Waals surface area contributed by atoms with Crippen molar-refractivity contribution in [3.8, 4) is 0 Å². The highest BCUT2D eigenvalue weighted by molar-refractivity contribution is 7.86. The van der Waals surface area contributed by atoms with E-state index in [1.807, 2.05) is 0 Å². The lowest BCUT2D eigenvalue weighted by Gasteiger charge is -2.34. The van der Waals surface area contributed by atoms with Crippen LogP contribution in [0.3, 0.4) is 0 Å². The van der Waals surface area contributed by atoms with E-state index in [4.69, 9.17) is 0 Å². The van der Waals surface area contributed by atoms with Crippen molar-refractivity contribution in [3.05, 3.63) is 18.5 Å². The van der Waals surface area contributed by atoms with Crippen molar-refractivity contribution in [1.29, 1.82) is 0 Å². The van der Waals surface area contributed by atoms with Crippen LogP contribution in [0.1, 0.15) is 26.2 Å². The predicted octanol–water partition coefficient (Wildman–Crippen LogP) is 0.965. The van der Waals surface area contributed by atoms with Crippen molar-refractivity contribution in [1.82, 2.24) is 18.6 Å². The third-order valence-corrected chi connectivity index (χ3v) is 6.56. The largest absolute Gasteiger partial charge is 0.339 e. The van der Waals surface area contributed by atoms with Crippen LogP contribution in [-0.2, 0) is 10.2 Å². The van der Waals surface area contributed by atoms with Crippen LogP contribution in [0.25, 0.3) is 0 Å². The van der Waals surface area contributed by atoms with Crippen LogP contribution in [0.5, 0.6) is 0 Å². The molecule has 3 heterocycles. The molecule has 1 atom stereocenters. The Labute approximate surface area is 138 Å². The topological polar surface area (TPSA) is 69.6 Å². The third kappa shape index (κ3) is 3.81. The number of rotatable bonds is 3. The summed E-state index contributed by atoms with van der Waals surface area (Å²) >= 11 is 0. The van der Waals surface area contributed by atoms with Crippen LogP contribution in [0.2, 0.25) is 0 Å². The maximum absolute atomic E-state index is 12.9. The van der Waals surface area contributed by atoms with Crippen molar-refractivity contribution in [3.63, 3.8) is 0 Å². The molecule has 0 radical (unpaired) electrons. The van der Waals surface area contributed by atoms with E-state index in [0.717, 1.165) is 25.8 Å². The zero-order chi connectivity index (χ0) is 16.3. The number of anilines is 1. The van der Waals surface area contributed by atoms with Gasteiger partial charge in [-0.1, -0.05) is 6.92 Å². The molecular formula is C15H25N5O2S. The summed E-state index contributed by atoms with van der Waals surface area (Å²) in [6, 6.07) is 1.79. The summed E-state index contributed by atoms with van der Waals surface area (Å²) in [5.41, 5.74) is 0. The first-order chi connectivity index (χ1) is 11.1. The first-order valence-corrected chi connectivity index (χ1v) is 9.74. The molecule has 1 aromatic rings. The van der Waals surface area contributed by atoms with Crippen LogP contribution >= 0.6 is 0 Å². The summed E-state index contributed by atoms with van der Waals surface area (Å²) in [4.78, 5) is 10.6. The van der Waals surface area contributed by atoms with Gasteiger partial charge in [0.15, 0.2) is 0 Å². The van der Waals surface area contributed by atoms with E-state index in [-0.39, 0.29) is 0 Å². The van der Waals surface area contributed by atoms with Gasteiger partial charge in [0, 0.05) is 51.7 Å². The maximum atomic E-state index is 12.9. The van der Waals surface area contributed by atoms with Crippen LogP contribution < -0.4 is 4.90 Å². The summed E-state index contributed by atoms with van der Waals surface area (Å²) in [6.45, 7) is 5.89. The summed E-state index contributed by atoms with van der Waals surface area (Å²) < 4.78 is 29.1. The molecule has 1 aromatic heterocycles. The van der Waals surface area contributed by atoms with Crippen LogP contribution in [-0.4, -0.2) is 66.3 Å². The monoisotopic (exact) mass is 339 g/mol. The van der Waals surface area contributed by atoms with E-state index in [1.165, 1.54) is 0 Å². The summed E-state index contributed by atoms with van der Waals surface area (Å²) in [6.07, 6.45) is 6.30.